The fraction of sp³-hybridized carbons (Fsp3) is 0.667. The summed E-state index contributed by atoms with van der Waals surface area (Å²) in [5, 5.41) is 13.3. The number of halogens is 1. The van der Waals surface area contributed by atoms with Gasteiger partial charge in [-0.05, 0) is 80.8 Å². The quantitative estimate of drug-likeness (QED) is 0.413. The molecule has 0 N–H and O–H groups in total. The zero-order valence-corrected chi connectivity index (χ0v) is 22.7. The highest BCUT2D eigenvalue weighted by Gasteiger charge is 2.69. The van der Waals surface area contributed by atoms with Crippen molar-refractivity contribution in [3.8, 4) is 11.8 Å². The van der Waals surface area contributed by atoms with Crippen molar-refractivity contribution < 1.29 is 18.4 Å². The highest BCUT2D eigenvalue weighted by atomic mass is 19.1. The van der Waals surface area contributed by atoms with Crippen LogP contribution in [0.1, 0.15) is 96.7 Å². The van der Waals surface area contributed by atoms with Crippen LogP contribution in [-0.4, -0.2) is 34.9 Å². The second kappa shape index (κ2) is 8.53. The number of ether oxygens (including phenoxy) is 1. The van der Waals surface area contributed by atoms with Crippen LogP contribution in [0.2, 0.25) is 0 Å². The summed E-state index contributed by atoms with van der Waals surface area (Å²) in [4.78, 5) is 20.6. The number of aromatic nitrogens is 2. The molecule has 202 valence electrons. The lowest BCUT2D eigenvalue weighted by Gasteiger charge is -2.66. The van der Waals surface area contributed by atoms with E-state index in [4.69, 9.17) is 19.5 Å². The predicted octanol–water partition coefficient (Wildman–Crippen LogP) is 6.18. The Hall–Kier alpha value is -2.95. The summed E-state index contributed by atoms with van der Waals surface area (Å²) in [6, 6.07) is 9.47. The van der Waals surface area contributed by atoms with Crippen LogP contribution in [-0.2, 0) is 15.6 Å². The highest BCUT2D eigenvalue weighted by Crippen LogP contribution is 2.71. The Morgan fingerprint density at radius 3 is 2.39 bits per heavy atom. The minimum Gasteiger partial charge on any atom is -0.479 e. The van der Waals surface area contributed by atoms with Gasteiger partial charge < -0.3 is 14.2 Å². The number of carbonyl (C=O) groups excluding carboxylic acids is 1. The summed E-state index contributed by atoms with van der Waals surface area (Å²) in [6.45, 7) is 6.85. The molecule has 2 aromatic rings. The molecule has 0 aliphatic heterocycles. The summed E-state index contributed by atoms with van der Waals surface area (Å²) < 4.78 is 25.4. The van der Waals surface area contributed by atoms with Gasteiger partial charge in [0.2, 0.25) is 11.8 Å². The summed E-state index contributed by atoms with van der Waals surface area (Å²) in [7, 11) is 0. The molecule has 1 heterocycles. The number of nitriles is 1. The van der Waals surface area contributed by atoms with Gasteiger partial charge in [-0.25, -0.2) is 4.39 Å². The van der Waals surface area contributed by atoms with Gasteiger partial charge in [0.15, 0.2) is 12.4 Å². The summed E-state index contributed by atoms with van der Waals surface area (Å²) >= 11 is 0. The Morgan fingerprint density at radius 1 is 1.13 bits per heavy atom. The van der Waals surface area contributed by atoms with Gasteiger partial charge in [-0.15, -0.1) is 0 Å². The minimum atomic E-state index is -1.02. The second-order valence-corrected chi connectivity index (χ2v) is 13.7. The second-order valence-electron chi connectivity index (χ2n) is 13.7. The summed E-state index contributed by atoms with van der Waals surface area (Å²) in [5.74, 6) is 2.16. The van der Waals surface area contributed by atoms with Crippen LogP contribution in [0.4, 0.5) is 10.1 Å². The van der Waals surface area contributed by atoms with E-state index in [-0.39, 0.29) is 34.2 Å². The summed E-state index contributed by atoms with van der Waals surface area (Å²) in [6.07, 6.45) is 7.88. The molecular weight excluding hydrogens is 483 g/mol. The smallest absolute Gasteiger partial charge is 0.232 e. The van der Waals surface area contributed by atoms with E-state index in [9.17, 15) is 9.18 Å². The lowest BCUT2D eigenvalue weighted by molar-refractivity contribution is -0.215. The van der Waals surface area contributed by atoms with E-state index >= 15 is 0 Å². The molecule has 6 saturated carbocycles. The minimum absolute atomic E-state index is 0.0261. The van der Waals surface area contributed by atoms with Crippen LogP contribution in [0.15, 0.2) is 28.8 Å². The number of hydrogen-bond donors (Lipinski definition) is 0. The Morgan fingerprint density at radius 2 is 1.82 bits per heavy atom. The van der Waals surface area contributed by atoms with Crippen LogP contribution < -0.4 is 9.64 Å². The van der Waals surface area contributed by atoms with E-state index in [1.54, 1.807) is 0 Å². The average Bonchev–Trinajstić information content (AvgIpc) is 3.38. The third-order valence-corrected chi connectivity index (χ3v) is 9.77. The van der Waals surface area contributed by atoms with E-state index in [1.165, 1.54) is 0 Å². The molecular formula is C30H37FN4O3. The van der Waals surface area contributed by atoms with E-state index in [1.807, 2.05) is 35.2 Å². The molecule has 0 unspecified atom stereocenters. The third-order valence-electron chi connectivity index (χ3n) is 9.77. The number of fused-ring (bicyclic) bond motifs is 3. The molecule has 7 nitrogen and oxygen atoms in total. The first-order chi connectivity index (χ1) is 18.0. The van der Waals surface area contributed by atoms with Crippen LogP contribution in [0, 0.1) is 22.2 Å². The predicted molar refractivity (Wildman–Crippen MR) is 139 cm³/mol. The molecule has 38 heavy (non-hydrogen) atoms. The van der Waals surface area contributed by atoms with Crippen molar-refractivity contribution in [1.29, 1.82) is 5.26 Å². The Bertz CT molecular complexity index is 1240. The first kappa shape index (κ1) is 25.3. The Kier molecular flexibility index (Phi) is 5.68. The van der Waals surface area contributed by atoms with Crippen molar-refractivity contribution in [3.63, 3.8) is 0 Å². The Labute approximate surface area is 223 Å². The van der Waals surface area contributed by atoms with Crippen LogP contribution in [0.25, 0.3) is 0 Å². The molecule has 8 heteroatoms. The molecule has 0 radical (unpaired) electrons. The molecule has 1 aromatic heterocycles. The van der Waals surface area contributed by atoms with Gasteiger partial charge in [-0.2, -0.15) is 10.2 Å². The van der Waals surface area contributed by atoms with Gasteiger partial charge in [0.25, 0.3) is 0 Å². The first-order valence-corrected chi connectivity index (χ1v) is 13.9. The largest absolute Gasteiger partial charge is 0.479 e. The molecule has 6 aliphatic carbocycles. The van der Waals surface area contributed by atoms with E-state index in [0.717, 1.165) is 50.0 Å². The van der Waals surface area contributed by atoms with E-state index < -0.39 is 5.67 Å². The van der Waals surface area contributed by atoms with Crippen molar-refractivity contribution in [2.24, 2.45) is 10.8 Å². The van der Waals surface area contributed by atoms with Crippen molar-refractivity contribution in [2.45, 2.75) is 101 Å². The standard InChI is InChI=1S/C30H37FN4O3/c1-26(2,3)25-33-24(34-38-25)29-10-7-27(8-11-29,9-12-29)20-35(21-5-4-6-22(15-21)37-14-13-32)23(36)16-28-17-30(31,18-28)19-28/h4-6,15H,7-12,14,16-20H2,1-3H3. The van der Waals surface area contributed by atoms with Crippen LogP contribution in [0.3, 0.4) is 0 Å². The number of hydrogen-bond acceptors (Lipinski definition) is 6. The van der Waals surface area contributed by atoms with Crippen molar-refractivity contribution in [2.75, 3.05) is 18.1 Å². The Balaban J connectivity index is 1.21. The number of rotatable bonds is 8. The van der Waals surface area contributed by atoms with Gasteiger partial charge in [-0.3, -0.25) is 4.79 Å². The van der Waals surface area contributed by atoms with Crippen molar-refractivity contribution >= 4 is 11.6 Å². The molecule has 0 atom stereocenters. The van der Waals surface area contributed by atoms with E-state index in [2.05, 4.69) is 25.9 Å². The molecule has 0 spiro atoms. The average molecular weight is 521 g/mol. The molecule has 4 bridgehead atoms. The van der Waals surface area contributed by atoms with Crippen molar-refractivity contribution in [1.82, 2.24) is 10.1 Å². The number of carbonyl (C=O) groups is 1. The normalized spacial score (nSPS) is 33.1. The number of alkyl halides is 1. The van der Waals surface area contributed by atoms with Crippen molar-refractivity contribution in [3.05, 3.63) is 36.0 Å². The maximum Gasteiger partial charge on any atom is 0.232 e. The van der Waals surface area contributed by atoms with Crippen LogP contribution in [0.5, 0.6) is 5.75 Å². The number of benzene rings is 1. The number of anilines is 1. The number of amides is 1. The first-order valence-electron chi connectivity index (χ1n) is 13.9. The molecule has 0 saturated heterocycles. The molecule has 1 aromatic carbocycles. The SMILES string of the molecule is CC(C)(C)c1nc(C23CCC(CN(C(=O)CC45CC(F)(C4)C5)c4cccc(OCC#N)c4)(CC2)CC3)no1. The highest BCUT2D eigenvalue weighted by molar-refractivity contribution is 5.94. The lowest BCUT2D eigenvalue weighted by atomic mass is 9.41. The summed E-state index contributed by atoms with van der Waals surface area (Å²) in [5.41, 5.74) is -0.587. The molecule has 1 amide bonds. The zero-order valence-electron chi connectivity index (χ0n) is 22.7. The van der Waals surface area contributed by atoms with Gasteiger partial charge >= 0.3 is 0 Å². The molecule has 8 rings (SSSR count). The number of nitrogens with zero attached hydrogens (tertiary/aromatic N) is 4. The fourth-order valence-electron chi connectivity index (χ4n) is 7.56. The molecule has 6 fully saturated rings. The lowest BCUT2D eigenvalue weighted by Crippen LogP contribution is -2.65. The van der Waals surface area contributed by atoms with Crippen LogP contribution >= 0.6 is 0 Å². The van der Waals surface area contributed by atoms with E-state index in [0.29, 0.717) is 43.9 Å². The maximum atomic E-state index is 14.2. The van der Waals surface area contributed by atoms with Gasteiger partial charge in [0.1, 0.15) is 17.5 Å². The maximum absolute atomic E-state index is 14.2. The third kappa shape index (κ3) is 4.28. The van der Waals surface area contributed by atoms with Gasteiger partial charge in [0, 0.05) is 35.5 Å². The fourth-order valence-corrected chi connectivity index (χ4v) is 7.56. The zero-order chi connectivity index (χ0) is 26.8. The topological polar surface area (TPSA) is 92.2 Å². The molecule has 6 aliphatic rings. The van der Waals surface area contributed by atoms with Gasteiger partial charge in [0.05, 0.1) is 0 Å². The van der Waals surface area contributed by atoms with Gasteiger partial charge in [-0.1, -0.05) is 32.0 Å². The monoisotopic (exact) mass is 520 g/mol.